The zero-order valence-corrected chi connectivity index (χ0v) is 13.7. The monoisotopic (exact) mass is 334 g/mol. The van der Waals surface area contributed by atoms with Crippen LogP contribution in [0.2, 0.25) is 0 Å². The van der Waals surface area contributed by atoms with Gasteiger partial charge in [-0.1, -0.05) is 43.7 Å². The Morgan fingerprint density at radius 2 is 1.79 bits per heavy atom. The summed E-state index contributed by atoms with van der Waals surface area (Å²) in [4.78, 5) is 0. The van der Waals surface area contributed by atoms with Gasteiger partial charge in [-0.25, -0.2) is 0 Å². The predicted octanol–water partition coefficient (Wildman–Crippen LogP) is 5.81. The lowest BCUT2D eigenvalue weighted by Gasteiger charge is -2.25. The number of ether oxygens (including phenoxy) is 1. The molecule has 0 radical (unpaired) electrons. The number of rotatable bonds is 4. The molecule has 24 heavy (non-hydrogen) atoms. The molecular weight excluding hydrogens is 313 g/mol. The van der Waals surface area contributed by atoms with Crippen LogP contribution < -0.4 is 4.74 Å². The highest BCUT2D eigenvalue weighted by Gasteiger charge is 2.31. The van der Waals surface area contributed by atoms with E-state index in [4.69, 9.17) is 0 Å². The molecule has 2 aromatic carbocycles. The molecule has 1 nitrogen and oxygen atoms in total. The maximum Gasteiger partial charge on any atom is 0.573 e. The molecule has 2 aromatic rings. The van der Waals surface area contributed by atoms with Gasteiger partial charge < -0.3 is 4.74 Å². The van der Waals surface area contributed by atoms with Crippen molar-refractivity contribution < 1.29 is 17.9 Å². The van der Waals surface area contributed by atoms with E-state index in [9.17, 15) is 13.2 Å². The molecule has 0 heterocycles. The largest absolute Gasteiger partial charge is 0.573 e. The van der Waals surface area contributed by atoms with Crippen LogP contribution in [-0.2, 0) is 19.3 Å². The summed E-state index contributed by atoms with van der Waals surface area (Å²) in [5.41, 5.74) is 4.76. The Kier molecular flexibility index (Phi) is 4.83. The average molecular weight is 334 g/mol. The molecule has 0 saturated carbocycles. The average Bonchev–Trinajstić information content (AvgIpc) is 2.54. The first kappa shape index (κ1) is 16.9. The van der Waals surface area contributed by atoms with Crippen molar-refractivity contribution in [3.63, 3.8) is 0 Å². The quantitative estimate of drug-likeness (QED) is 0.685. The van der Waals surface area contributed by atoms with E-state index in [0.29, 0.717) is 5.92 Å². The van der Waals surface area contributed by atoms with Crippen LogP contribution in [0.1, 0.15) is 47.9 Å². The minimum Gasteiger partial charge on any atom is -0.406 e. The lowest BCUT2D eigenvalue weighted by Crippen LogP contribution is -2.18. The van der Waals surface area contributed by atoms with Crippen LogP contribution in [0.3, 0.4) is 0 Å². The zero-order valence-electron chi connectivity index (χ0n) is 13.7. The van der Waals surface area contributed by atoms with Gasteiger partial charge in [0.1, 0.15) is 5.75 Å². The molecule has 1 atom stereocenters. The van der Waals surface area contributed by atoms with Gasteiger partial charge in [0.05, 0.1) is 0 Å². The minimum absolute atomic E-state index is 0.122. The first-order valence-electron chi connectivity index (χ1n) is 8.41. The third kappa shape index (κ3) is 4.11. The van der Waals surface area contributed by atoms with E-state index in [-0.39, 0.29) is 5.75 Å². The van der Waals surface area contributed by atoms with Crippen LogP contribution in [0, 0.1) is 0 Å². The van der Waals surface area contributed by atoms with Crippen LogP contribution >= 0.6 is 0 Å². The topological polar surface area (TPSA) is 9.23 Å². The summed E-state index contributed by atoms with van der Waals surface area (Å²) in [7, 11) is 0. The molecule has 0 bridgehead atoms. The van der Waals surface area contributed by atoms with Crippen molar-refractivity contribution in [2.24, 2.45) is 0 Å². The summed E-state index contributed by atoms with van der Waals surface area (Å²) >= 11 is 0. The van der Waals surface area contributed by atoms with Crippen molar-refractivity contribution in [1.82, 2.24) is 0 Å². The third-order valence-electron chi connectivity index (χ3n) is 4.63. The molecule has 0 aromatic heterocycles. The number of benzene rings is 2. The van der Waals surface area contributed by atoms with Crippen LogP contribution in [0.5, 0.6) is 5.75 Å². The van der Waals surface area contributed by atoms with Crippen molar-refractivity contribution in [3.05, 3.63) is 64.7 Å². The Balaban J connectivity index is 1.72. The number of aryl methyl sites for hydroxylation is 2. The van der Waals surface area contributed by atoms with E-state index in [1.165, 1.54) is 23.3 Å². The van der Waals surface area contributed by atoms with Gasteiger partial charge in [0.2, 0.25) is 0 Å². The molecular formula is C20H21F3O. The van der Waals surface area contributed by atoms with E-state index in [1.807, 2.05) is 0 Å². The predicted molar refractivity (Wildman–Crippen MR) is 88.3 cm³/mol. The zero-order chi connectivity index (χ0) is 17.2. The standard InChI is InChI=1S/C20H21F3O/c1-2-3-14-4-6-15(7-5-14)16-8-9-18-13-19(24-20(21,22)23)11-10-17(18)12-16/h4-7,10-11,13,16H,2-3,8-9,12H2,1H3. The van der Waals surface area contributed by atoms with Crippen LogP contribution in [-0.4, -0.2) is 6.36 Å². The maximum absolute atomic E-state index is 12.3. The van der Waals surface area contributed by atoms with E-state index in [1.54, 1.807) is 6.07 Å². The molecule has 0 N–H and O–H groups in total. The minimum atomic E-state index is -4.63. The molecule has 0 aliphatic heterocycles. The van der Waals surface area contributed by atoms with Crippen molar-refractivity contribution in [2.75, 3.05) is 0 Å². The highest BCUT2D eigenvalue weighted by molar-refractivity contribution is 5.40. The van der Waals surface area contributed by atoms with Gasteiger partial charge in [0.25, 0.3) is 0 Å². The van der Waals surface area contributed by atoms with Crippen LogP contribution in [0.4, 0.5) is 13.2 Å². The van der Waals surface area contributed by atoms with Crippen LogP contribution in [0.25, 0.3) is 0 Å². The fourth-order valence-corrected chi connectivity index (χ4v) is 3.46. The van der Waals surface area contributed by atoms with E-state index >= 15 is 0 Å². The summed E-state index contributed by atoms with van der Waals surface area (Å²) in [6.07, 6.45) is 0.204. The lowest BCUT2D eigenvalue weighted by molar-refractivity contribution is -0.274. The number of halogens is 3. The normalized spacial score (nSPS) is 17.4. The van der Waals surface area contributed by atoms with Gasteiger partial charge >= 0.3 is 6.36 Å². The molecule has 1 aliphatic rings. The lowest BCUT2D eigenvalue weighted by atomic mass is 9.80. The summed E-state index contributed by atoms with van der Waals surface area (Å²) in [5.74, 6) is 0.311. The molecule has 4 heteroatoms. The van der Waals surface area contributed by atoms with Gasteiger partial charge in [-0.2, -0.15) is 0 Å². The van der Waals surface area contributed by atoms with E-state index in [0.717, 1.165) is 43.2 Å². The van der Waals surface area contributed by atoms with Gasteiger partial charge in [-0.15, -0.1) is 13.2 Å². The molecule has 0 saturated heterocycles. The Morgan fingerprint density at radius 3 is 2.46 bits per heavy atom. The van der Waals surface area contributed by atoms with Gasteiger partial charge in [-0.05, 0) is 66.0 Å². The SMILES string of the molecule is CCCc1ccc(C2CCc3cc(OC(F)(F)F)ccc3C2)cc1. The first-order valence-corrected chi connectivity index (χ1v) is 8.41. The number of hydrogen-bond donors (Lipinski definition) is 0. The number of fused-ring (bicyclic) bond motifs is 1. The Hall–Kier alpha value is -1.97. The van der Waals surface area contributed by atoms with Crippen LogP contribution in [0.15, 0.2) is 42.5 Å². The van der Waals surface area contributed by atoms with E-state index < -0.39 is 6.36 Å². The van der Waals surface area contributed by atoms with Gasteiger partial charge in [-0.3, -0.25) is 0 Å². The molecule has 1 aliphatic carbocycles. The summed E-state index contributed by atoms with van der Waals surface area (Å²) in [6.45, 7) is 2.17. The van der Waals surface area contributed by atoms with Crippen molar-refractivity contribution in [1.29, 1.82) is 0 Å². The molecule has 0 fully saturated rings. The fourth-order valence-electron chi connectivity index (χ4n) is 3.46. The van der Waals surface area contributed by atoms with Gasteiger partial charge in [0.15, 0.2) is 0 Å². The Bertz CT molecular complexity index is 689. The highest BCUT2D eigenvalue weighted by atomic mass is 19.4. The molecule has 128 valence electrons. The second-order valence-corrected chi connectivity index (χ2v) is 6.41. The summed E-state index contributed by atoms with van der Waals surface area (Å²) in [6, 6.07) is 13.5. The molecule has 0 spiro atoms. The van der Waals surface area contributed by atoms with Gasteiger partial charge in [0, 0.05) is 0 Å². The van der Waals surface area contributed by atoms with Crippen molar-refractivity contribution in [2.45, 2.75) is 51.3 Å². The molecule has 1 unspecified atom stereocenters. The molecule has 0 amide bonds. The summed E-state index contributed by atoms with van der Waals surface area (Å²) in [5, 5.41) is 0. The fraction of sp³-hybridized carbons (Fsp3) is 0.400. The molecule has 3 rings (SSSR count). The second-order valence-electron chi connectivity index (χ2n) is 6.41. The first-order chi connectivity index (χ1) is 11.4. The second kappa shape index (κ2) is 6.88. The number of hydrogen-bond acceptors (Lipinski definition) is 1. The summed E-state index contributed by atoms with van der Waals surface area (Å²) < 4.78 is 41.0. The maximum atomic E-state index is 12.3. The Labute approximate surface area is 140 Å². The van der Waals surface area contributed by atoms with Crippen molar-refractivity contribution >= 4 is 0 Å². The van der Waals surface area contributed by atoms with Crippen molar-refractivity contribution in [3.8, 4) is 5.75 Å². The Morgan fingerprint density at radius 1 is 1.04 bits per heavy atom. The highest BCUT2D eigenvalue weighted by Crippen LogP contribution is 2.35. The van der Waals surface area contributed by atoms with E-state index in [2.05, 4.69) is 35.9 Å². The third-order valence-corrected chi connectivity index (χ3v) is 4.63. The number of alkyl halides is 3. The smallest absolute Gasteiger partial charge is 0.406 e.